The van der Waals surface area contributed by atoms with Crippen molar-refractivity contribution < 1.29 is 5.11 Å². The van der Waals surface area contributed by atoms with Crippen LogP contribution in [0.5, 0.6) is 0 Å². The van der Waals surface area contributed by atoms with Gasteiger partial charge >= 0.3 is 0 Å². The van der Waals surface area contributed by atoms with E-state index in [-0.39, 0.29) is 12.5 Å². The maximum absolute atomic E-state index is 9.79. The molecule has 2 aromatic carbocycles. The number of aliphatic hydroxyl groups is 1. The van der Waals surface area contributed by atoms with Crippen molar-refractivity contribution in [1.82, 2.24) is 4.57 Å². The van der Waals surface area contributed by atoms with Gasteiger partial charge in [-0.15, -0.1) is 0 Å². The molecule has 0 aliphatic heterocycles. The van der Waals surface area contributed by atoms with E-state index in [2.05, 4.69) is 35.0 Å². The van der Waals surface area contributed by atoms with Crippen molar-refractivity contribution in [2.24, 2.45) is 7.05 Å². The van der Waals surface area contributed by atoms with E-state index < -0.39 is 0 Å². The third-order valence-corrected chi connectivity index (χ3v) is 3.69. The van der Waals surface area contributed by atoms with E-state index in [4.69, 9.17) is 0 Å². The summed E-state index contributed by atoms with van der Waals surface area (Å²) in [7, 11) is 2.05. The fraction of sp³-hybridized carbons (Fsp3) is 0.176. The summed E-state index contributed by atoms with van der Waals surface area (Å²) in [6, 6.07) is 18.5. The minimum Gasteiger partial charge on any atom is -0.395 e. The maximum Gasteiger partial charge on any atom is 0.0541 e. The summed E-state index contributed by atoms with van der Waals surface area (Å²) in [6.07, 6.45) is 2.12. The van der Waals surface area contributed by atoms with Gasteiger partial charge in [0.2, 0.25) is 0 Å². The smallest absolute Gasteiger partial charge is 0.0541 e. The molecule has 0 fully saturated rings. The van der Waals surface area contributed by atoms with Crippen LogP contribution in [0.4, 0.5) is 0 Å². The van der Waals surface area contributed by atoms with E-state index in [0.717, 1.165) is 5.56 Å². The first kappa shape index (κ1) is 12.0. The average Bonchev–Trinajstić information content (AvgIpc) is 2.79. The Bertz CT molecular complexity index is 685. The van der Waals surface area contributed by atoms with Gasteiger partial charge in [-0.25, -0.2) is 0 Å². The third-order valence-electron chi connectivity index (χ3n) is 3.69. The van der Waals surface area contributed by atoms with Gasteiger partial charge in [-0.05, 0) is 17.2 Å². The summed E-state index contributed by atoms with van der Waals surface area (Å²) in [5.74, 6) is 0.0345. The van der Waals surface area contributed by atoms with Gasteiger partial charge in [0.1, 0.15) is 0 Å². The molecule has 0 aliphatic carbocycles. The highest BCUT2D eigenvalue weighted by Crippen LogP contribution is 2.31. The predicted molar refractivity (Wildman–Crippen MR) is 78.3 cm³/mol. The zero-order chi connectivity index (χ0) is 13.2. The second kappa shape index (κ2) is 4.90. The SMILES string of the molecule is Cn1cc([C@H](CO)c2ccccc2)c2ccccc21. The Hall–Kier alpha value is -2.06. The van der Waals surface area contributed by atoms with Gasteiger partial charge in [0.15, 0.2) is 0 Å². The topological polar surface area (TPSA) is 25.2 Å². The lowest BCUT2D eigenvalue weighted by molar-refractivity contribution is 0.281. The van der Waals surface area contributed by atoms with Crippen molar-refractivity contribution in [2.45, 2.75) is 5.92 Å². The number of rotatable bonds is 3. The molecule has 2 heteroatoms. The largest absolute Gasteiger partial charge is 0.395 e. The highest BCUT2D eigenvalue weighted by Gasteiger charge is 2.17. The molecule has 2 nitrogen and oxygen atoms in total. The van der Waals surface area contributed by atoms with Crippen molar-refractivity contribution >= 4 is 10.9 Å². The molecule has 96 valence electrons. The Labute approximate surface area is 112 Å². The second-order valence-electron chi connectivity index (χ2n) is 4.86. The molecule has 3 rings (SSSR count). The number of hydrogen-bond acceptors (Lipinski definition) is 1. The second-order valence-corrected chi connectivity index (χ2v) is 4.86. The number of aliphatic hydroxyl groups excluding tert-OH is 1. The molecule has 1 atom stereocenters. The first-order chi connectivity index (χ1) is 9.31. The number of para-hydroxylation sites is 1. The summed E-state index contributed by atoms with van der Waals surface area (Å²) in [5, 5.41) is 11.0. The zero-order valence-corrected chi connectivity index (χ0v) is 11.0. The molecular formula is C17H17NO. The molecule has 0 spiro atoms. The normalized spacial score (nSPS) is 12.7. The number of hydrogen-bond donors (Lipinski definition) is 1. The quantitative estimate of drug-likeness (QED) is 0.759. The Kier molecular flexibility index (Phi) is 3.10. The van der Waals surface area contributed by atoms with Gasteiger partial charge in [-0.3, -0.25) is 0 Å². The van der Waals surface area contributed by atoms with E-state index in [1.54, 1.807) is 0 Å². The molecule has 19 heavy (non-hydrogen) atoms. The van der Waals surface area contributed by atoms with E-state index >= 15 is 0 Å². The van der Waals surface area contributed by atoms with Gasteiger partial charge < -0.3 is 9.67 Å². The number of aryl methyl sites for hydroxylation is 1. The number of benzene rings is 2. The number of nitrogens with zero attached hydrogens (tertiary/aromatic N) is 1. The molecule has 0 bridgehead atoms. The Morgan fingerprint density at radius 1 is 1.00 bits per heavy atom. The number of fused-ring (bicyclic) bond motifs is 1. The highest BCUT2D eigenvalue weighted by atomic mass is 16.3. The van der Waals surface area contributed by atoms with Crippen molar-refractivity contribution in [3.8, 4) is 0 Å². The number of aromatic nitrogens is 1. The minimum absolute atomic E-state index is 0.0345. The minimum atomic E-state index is 0.0345. The van der Waals surface area contributed by atoms with Crippen LogP contribution in [0.15, 0.2) is 60.8 Å². The summed E-state index contributed by atoms with van der Waals surface area (Å²) in [4.78, 5) is 0. The Morgan fingerprint density at radius 3 is 2.42 bits per heavy atom. The monoisotopic (exact) mass is 251 g/mol. The molecule has 1 aromatic heterocycles. The fourth-order valence-corrected chi connectivity index (χ4v) is 2.72. The molecule has 0 unspecified atom stereocenters. The lowest BCUT2D eigenvalue weighted by Crippen LogP contribution is -2.05. The van der Waals surface area contributed by atoms with Crippen LogP contribution < -0.4 is 0 Å². The lowest BCUT2D eigenvalue weighted by Gasteiger charge is -2.14. The fourth-order valence-electron chi connectivity index (χ4n) is 2.72. The first-order valence-corrected chi connectivity index (χ1v) is 6.51. The molecule has 0 saturated heterocycles. The molecule has 0 aliphatic rings. The van der Waals surface area contributed by atoms with E-state index in [9.17, 15) is 5.11 Å². The van der Waals surface area contributed by atoms with Gasteiger partial charge in [0, 0.05) is 30.1 Å². The summed E-state index contributed by atoms with van der Waals surface area (Å²) in [5.41, 5.74) is 3.54. The van der Waals surface area contributed by atoms with E-state index in [1.807, 2.05) is 37.4 Å². The summed E-state index contributed by atoms with van der Waals surface area (Å²) >= 11 is 0. The van der Waals surface area contributed by atoms with Crippen molar-refractivity contribution in [1.29, 1.82) is 0 Å². The molecule has 1 N–H and O–H groups in total. The maximum atomic E-state index is 9.79. The Morgan fingerprint density at radius 2 is 1.68 bits per heavy atom. The standard InChI is InChI=1S/C17H17NO/c1-18-11-15(14-9-5-6-10-17(14)18)16(12-19)13-7-3-2-4-8-13/h2-11,16,19H,12H2,1H3/t16-/m1/s1. The molecular weight excluding hydrogens is 234 g/mol. The third kappa shape index (κ3) is 2.04. The highest BCUT2D eigenvalue weighted by molar-refractivity contribution is 5.85. The summed E-state index contributed by atoms with van der Waals surface area (Å²) in [6.45, 7) is 0.123. The van der Waals surface area contributed by atoms with Crippen LogP contribution in [-0.2, 0) is 7.05 Å². The van der Waals surface area contributed by atoms with E-state index in [1.165, 1.54) is 16.5 Å². The van der Waals surface area contributed by atoms with Crippen LogP contribution in [0, 0.1) is 0 Å². The average molecular weight is 251 g/mol. The molecule has 0 amide bonds. The molecule has 0 saturated carbocycles. The van der Waals surface area contributed by atoms with Gasteiger partial charge in [-0.1, -0.05) is 48.5 Å². The van der Waals surface area contributed by atoms with Crippen LogP contribution in [-0.4, -0.2) is 16.3 Å². The molecule has 3 aromatic rings. The zero-order valence-electron chi connectivity index (χ0n) is 11.0. The Balaban J connectivity index is 2.17. The first-order valence-electron chi connectivity index (χ1n) is 6.51. The van der Waals surface area contributed by atoms with Gasteiger partial charge in [-0.2, -0.15) is 0 Å². The van der Waals surface area contributed by atoms with Gasteiger partial charge in [0.25, 0.3) is 0 Å². The van der Waals surface area contributed by atoms with Gasteiger partial charge in [0.05, 0.1) is 6.61 Å². The van der Waals surface area contributed by atoms with Crippen LogP contribution >= 0.6 is 0 Å². The predicted octanol–water partition coefficient (Wildman–Crippen LogP) is 3.30. The van der Waals surface area contributed by atoms with Crippen LogP contribution in [0.3, 0.4) is 0 Å². The van der Waals surface area contributed by atoms with Crippen LogP contribution in [0.25, 0.3) is 10.9 Å². The summed E-state index contributed by atoms with van der Waals surface area (Å²) < 4.78 is 2.12. The van der Waals surface area contributed by atoms with Crippen LogP contribution in [0.1, 0.15) is 17.0 Å². The molecule has 1 heterocycles. The van der Waals surface area contributed by atoms with Crippen molar-refractivity contribution in [2.75, 3.05) is 6.61 Å². The van der Waals surface area contributed by atoms with Crippen molar-refractivity contribution in [3.63, 3.8) is 0 Å². The van der Waals surface area contributed by atoms with Crippen LogP contribution in [0.2, 0.25) is 0 Å². The van der Waals surface area contributed by atoms with Crippen molar-refractivity contribution in [3.05, 3.63) is 71.9 Å². The lowest BCUT2D eigenvalue weighted by atomic mass is 9.92. The molecule has 0 radical (unpaired) electrons. The van der Waals surface area contributed by atoms with E-state index in [0.29, 0.717) is 0 Å².